The Morgan fingerprint density at radius 2 is 1.59 bits per heavy atom. The molecule has 216 valence electrons. The van der Waals surface area contributed by atoms with Crippen LogP contribution in [0.15, 0.2) is 71.9 Å². The van der Waals surface area contributed by atoms with Crippen LogP contribution in [-0.2, 0) is 18.1 Å². The van der Waals surface area contributed by atoms with Crippen LogP contribution in [0.4, 0.5) is 26.3 Å². The highest BCUT2D eigenvalue weighted by Crippen LogP contribution is 2.36. The number of aryl methyl sites for hydroxylation is 1. The summed E-state index contributed by atoms with van der Waals surface area (Å²) in [5.41, 5.74) is -1.36. The highest BCUT2D eigenvalue weighted by atomic mass is 32.2. The van der Waals surface area contributed by atoms with Crippen LogP contribution in [0.1, 0.15) is 51.4 Å². The van der Waals surface area contributed by atoms with E-state index in [0.717, 1.165) is 11.1 Å². The first-order valence-corrected chi connectivity index (χ1v) is 13.1. The van der Waals surface area contributed by atoms with Gasteiger partial charge in [0.05, 0.1) is 24.3 Å². The predicted molar refractivity (Wildman–Crippen MR) is 141 cm³/mol. The van der Waals surface area contributed by atoms with Gasteiger partial charge in [-0.25, -0.2) is 0 Å². The van der Waals surface area contributed by atoms with Gasteiger partial charge in [-0.15, -0.1) is 10.2 Å². The third-order valence-electron chi connectivity index (χ3n) is 6.04. The molecule has 1 atom stereocenters. The molecule has 3 aromatic carbocycles. The minimum Gasteiger partial charge on any atom is -0.497 e. The molecule has 41 heavy (non-hydrogen) atoms. The fraction of sp³-hybridized carbons (Fsp3) is 0.250. The molecular weight excluding hydrogens is 570 g/mol. The molecule has 0 aliphatic carbocycles. The Morgan fingerprint density at radius 1 is 0.951 bits per heavy atom. The first-order valence-electron chi connectivity index (χ1n) is 12.1. The predicted octanol–water partition coefficient (Wildman–Crippen LogP) is 7.41. The summed E-state index contributed by atoms with van der Waals surface area (Å²) in [6.45, 7) is 3.42. The minimum atomic E-state index is -5.08. The second-order valence-electron chi connectivity index (χ2n) is 9.14. The molecule has 6 nitrogen and oxygen atoms in total. The van der Waals surface area contributed by atoms with Crippen molar-refractivity contribution in [2.45, 2.75) is 43.2 Å². The van der Waals surface area contributed by atoms with Crippen LogP contribution in [-0.4, -0.2) is 27.8 Å². The van der Waals surface area contributed by atoms with Crippen molar-refractivity contribution in [1.82, 2.24) is 20.1 Å². The molecule has 1 aromatic heterocycles. The molecule has 1 unspecified atom stereocenters. The third-order valence-corrected chi connectivity index (χ3v) is 7.04. The second-order valence-corrected chi connectivity index (χ2v) is 10.1. The number of alkyl halides is 6. The van der Waals surface area contributed by atoms with E-state index >= 15 is 0 Å². The molecule has 13 heteroatoms. The van der Waals surface area contributed by atoms with Crippen molar-refractivity contribution in [3.05, 3.63) is 100 Å². The summed E-state index contributed by atoms with van der Waals surface area (Å²) in [6.07, 6.45) is -10.2. The Kier molecular flexibility index (Phi) is 8.66. The Labute approximate surface area is 235 Å². The number of ether oxygens (including phenoxy) is 1. The average Bonchev–Trinajstić information content (AvgIpc) is 3.35. The van der Waals surface area contributed by atoms with Crippen molar-refractivity contribution in [3.63, 3.8) is 0 Å². The van der Waals surface area contributed by atoms with Crippen molar-refractivity contribution >= 4 is 17.7 Å². The van der Waals surface area contributed by atoms with Crippen LogP contribution in [0.3, 0.4) is 0 Å². The summed E-state index contributed by atoms with van der Waals surface area (Å²) >= 11 is 1.35. The number of benzene rings is 3. The number of nitrogens with zero attached hydrogens (tertiary/aromatic N) is 3. The first kappa shape index (κ1) is 30.0. The number of amides is 1. The van der Waals surface area contributed by atoms with E-state index in [1.165, 1.54) is 18.7 Å². The maximum absolute atomic E-state index is 13.3. The van der Waals surface area contributed by atoms with Crippen molar-refractivity contribution < 1.29 is 35.9 Å². The van der Waals surface area contributed by atoms with Gasteiger partial charge < -0.3 is 10.1 Å². The van der Waals surface area contributed by atoms with Crippen molar-refractivity contribution in [1.29, 1.82) is 0 Å². The van der Waals surface area contributed by atoms with Gasteiger partial charge in [0.2, 0.25) is 0 Å². The van der Waals surface area contributed by atoms with Gasteiger partial charge in [-0.2, -0.15) is 26.3 Å². The summed E-state index contributed by atoms with van der Waals surface area (Å²) in [5.74, 6) is 0.284. The summed E-state index contributed by atoms with van der Waals surface area (Å²) in [6, 6.07) is 14.6. The Morgan fingerprint density at radius 3 is 2.17 bits per heavy atom. The van der Waals surface area contributed by atoms with Crippen LogP contribution in [0.25, 0.3) is 5.69 Å². The third kappa shape index (κ3) is 7.20. The fourth-order valence-electron chi connectivity index (χ4n) is 3.93. The average molecular weight is 595 g/mol. The monoisotopic (exact) mass is 594 g/mol. The van der Waals surface area contributed by atoms with Crippen molar-refractivity contribution in [2.24, 2.45) is 0 Å². The lowest BCUT2D eigenvalue weighted by Gasteiger charge is -2.18. The fourth-order valence-corrected chi connectivity index (χ4v) is 4.83. The molecule has 0 saturated heterocycles. The van der Waals surface area contributed by atoms with Gasteiger partial charge in [0, 0.05) is 17.0 Å². The first-order chi connectivity index (χ1) is 19.3. The Balaban J connectivity index is 1.66. The van der Waals surface area contributed by atoms with E-state index in [4.69, 9.17) is 4.74 Å². The molecule has 1 heterocycles. The largest absolute Gasteiger partial charge is 0.497 e. The highest BCUT2D eigenvalue weighted by molar-refractivity contribution is 7.98. The number of nitrogens with one attached hydrogen (secondary N) is 1. The number of halogens is 6. The zero-order valence-corrected chi connectivity index (χ0v) is 22.8. The molecule has 1 N–H and O–H groups in total. The Hall–Kier alpha value is -4.00. The zero-order valence-electron chi connectivity index (χ0n) is 22.0. The number of hydrogen-bond acceptors (Lipinski definition) is 5. The quantitative estimate of drug-likeness (QED) is 0.170. The minimum absolute atomic E-state index is 0.0277. The number of carbonyl (C=O) groups is 1. The molecule has 0 spiro atoms. The summed E-state index contributed by atoms with van der Waals surface area (Å²) in [7, 11) is 1.56. The molecular formula is C28H24F6N4O2S. The van der Waals surface area contributed by atoms with E-state index < -0.39 is 41.0 Å². The topological polar surface area (TPSA) is 69.0 Å². The van der Waals surface area contributed by atoms with Gasteiger partial charge in [-0.3, -0.25) is 9.36 Å². The number of methoxy groups -OCH3 is 1. The lowest BCUT2D eigenvalue weighted by molar-refractivity contribution is -0.143. The van der Waals surface area contributed by atoms with Crippen molar-refractivity contribution in [2.75, 3.05) is 7.11 Å². The van der Waals surface area contributed by atoms with Gasteiger partial charge in [-0.1, -0.05) is 41.6 Å². The van der Waals surface area contributed by atoms with Gasteiger partial charge in [-0.05, 0) is 61.9 Å². The lowest BCUT2D eigenvalue weighted by atomic mass is 10.0. The number of hydrogen-bond donors (Lipinski definition) is 1. The van der Waals surface area contributed by atoms with E-state index in [-0.39, 0.29) is 11.9 Å². The summed E-state index contributed by atoms with van der Waals surface area (Å²) in [5, 5.41) is 11.4. The van der Waals surface area contributed by atoms with Gasteiger partial charge >= 0.3 is 12.4 Å². The maximum atomic E-state index is 13.3. The number of rotatable bonds is 8. The SMILES string of the molecule is COc1cccc(CSc2nnc(C(C)NC(=O)c3cc(C(F)(F)F)cc(C(F)(F)F)c3)n2-c2ccc(C)cc2)c1. The van der Waals surface area contributed by atoms with E-state index in [2.05, 4.69) is 15.5 Å². The van der Waals surface area contributed by atoms with Gasteiger partial charge in [0.1, 0.15) is 5.75 Å². The van der Waals surface area contributed by atoms with Crippen molar-refractivity contribution in [3.8, 4) is 11.4 Å². The van der Waals surface area contributed by atoms with E-state index in [0.29, 0.717) is 34.5 Å². The molecule has 0 fully saturated rings. The normalized spacial score (nSPS) is 12.7. The van der Waals surface area contributed by atoms with Gasteiger partial charge in [0.15, 0.2) is 11.0 Å². The molecule has 0 aliphatic rings. The lowest BCUT2D eigenvalue weighted by Crippen LogP contribution is -2.29. The molecule has 0 bridgehead atoms. The summed E-state index contributed by atoms with van der Waals surface area (Å²) < 4.78 is 86.8. The smallest absolute Gasteiger partial charge is 0.416 e. The van der Waals surface area contributed by atoms with Gasteiger partial charge in [0.25, 0.3) is 5.91 Å². The zero-order chi connectivity index (χ0) is 29.9. The second kappa shape index (κ2) is 11.9. The van der Waals surface area contributed by atoms with E-state index in [1.807, 2.05) is 55.5 Å². The Bertz CT molecular complexity index is 1500. The van der Waals surface area contributed by atoms with E-state index in [9.17, 15) is 31.1 Å². The van der Waals surface area contributed by atoms with Crippen LogP contribution in [0.5, 0.6) is 5.75 Å². The maximum Gasteiger partial charge on any atom is 0.416 e. The van der Waals surface area contributed by atoms with Crippen LogP contribution in [0, 0.1) is 6.92 Å². The molecule has 0 saturated carbocycles. The molecule has 4 aromatic rings. The standard InChI is InChI=1S/C28H24F6N4O2S/c1-16-7-9-22(10-8-16)38-24(36-37-26(38)41-15-18-5-4-6-23(11-18)40-3)17(2)35-25(39)19-12-20(27(29,30)31)14-21(13-19)28(32,33)34/h4-14,17H,15H2,1-3H3,(H,35,39). The van der Waals surface area contributed by atoms with E-state index in [1.54, 1.807) is 11.7 Å². The number of aromatic nitrogens is 3. The van der Waals surface area contributed by atoms with Crippen LogP contribution < -0.4 is 10.1 Å². The highest BCUT2D eigenvalue weighted by Gasteiger charge is 2.37. The molecule has 4 rings (SSSR count). The van der Waals surface area contributed by atoms with Crippen LogP contribution in [0.2, 0.25) is 0 Å². The molecule has 1 amide bonds. The van der Waals surface area contributed by atoms with Crippen LogP contribution >= 0.6 is 11.8 Å². The summed E-state index contributed by atoms with van der Waals surface area (Å²) in [4.78, 5) is 12.9. The molecule has 0 aliphatic heterocycles. The number of carbonyl (C=O) groups excluding carboxylic acids is 1. The number of thioether (sulfide) groups is 1. The molecule has 0 radical (unpaired) electrons.